The average Bonchev–Trinajstić information content (AvgIpc) is 2.57. The predicted molar refractivity (Wildman–Crippen MR) is 77.5 cm³/mol. The molecule has 0 spiro atoms. The number of hydrogen-bond acceptors (Lipinski definition) is 4. The van der Waals surface area contributed by atoms with Gasteiger partial charge < -0.3 is 14.2 Å². The molecule has 0 N–H and O–H groups in total. The quantitative estimate of drug-likeness (QED) is 0.432. The van der Waals surface area contributed by atoms with Crippen molar-refractivity contribution < 1.29 is 40.2 Å². The number of benzene rings is 2. The number of ether oxygens (including phenoxy) is 3. The van der Waals surface area contributed by atoms with Gasteiger partial charge in [0.2, 0.25) is 0 Å². The maximum absolute atomic E-state index is 12.2. The third-order valence-electron chi connectivity index (χ3n) is 3.65. The zero-order chi connectivity index (χ0) is 15.7. The third-order valence-corrected chi connectivity index (χ3v) is 6.88. The summed E-state index contributed by atoms with van der Waals surface area (Å²) >= 11 is -0.327. The van der Waals surface area contributed by atoms with Crippen LogP contribution in [0.2, 0.25) is 0 Å². The zero-order valence-electron chi connectivity index (χ0n) is 12.6. The minimum atomic E-state index is -0.343. The highest BCUT2D eigenvalue weighted by Gasteiger charge is 2.34. The van der Waals surface area contributed by atoms with Crippen molar-refractivity contribution in [1.29, 1.82) is 0 Å². The normalized spacial score (nSPS) is 12.1. The molecule has 0 bridgehead atoms. The van der Waals surface area contributed by atoms with Crippen LogP contribution in [0.5, 0.6) is 11.5 Å². The number of hydrogen-bond donors (Lipinski definition) is 0. The second-order valence-electron chi connectivity index (χ2n) is 4.82. The summed E-state index contributed by atoms with van der Waals surface area (Å²) in [5.74, 6) is 1.07. The number of halogens is 1. The fourth-order valence-corrected chi connectivity index (χ4v) is 5.39. The lowest BCUT2D eigenvalue weighted by Crippen LogP contribution is -3.62. The second-order valence-corrected chi connectivity index (χ2v) is 7.69. The summed E-state index contributed by atoms with van der Waals surface area (Å²) in [7, 11) is 4.63. The Balaban J connectivity index is 2.12. The molecule has 0 saturated carbocycles. The number of rotatable bonds is 3. The van der Waals surface area contributed by atoms with E-state index in [1.807, 2.05) is 12.1 Å². The van der Waals surface area contributed by atoms with E-state index in [4.69, 9.17) is 14.2 Å². The Labute approximate surface area is 139 Å². The number of esters is 1. The molecule has 1 aliphatic rings. The monoisotopic (exact) mass is 411 g/mol. The van der Waals surface area contributed by atoms with Crippen LogP contribution < -0.4 is 30.7 Å². The van der Waals surface area contributed by atoms with Crippen LogP contribution in [0.25, 0.3) is 0 Å². The van der Waals surface area contributed by atoms with Gasteiger partial charge in [0.15, 0.2) is 7.14 Å². The van der Waals surface area contributed by atoms with Gasteiger partial charge in [0.1, 0.15) is 17.1 Å². The first-order chi connectivity index (χ1) is 10.7. The van der Waals surface area contributed by atoms with Gasteiger partial charge in [-0.2, -0.15) is 0 Å². The van der Waals surface area contributed by atoms with E-state index in [0.29, 0.717) is 17.7 Å². The van der Waals surface area contributed by atoms with Gasteiger partial charge in [-0.25, -0.2) is 4.79 Å². The first-order valence-corrected chi connectivity index (χ1v) is 8.93. The van der Waals surface area contributed by atoms with Gasteiger partial charge in [0.05, 0.1) is 21.3 Å². The molecule has 0 saturated heterocycles. The predicted octanol–water partition coefficient (Wildman–Crippen LogP) is -0.477. The highest BCUT2D eigenvalue weighted by atomic mass is 127. The molecule has 1 aliphatic heterocycles. The van der Waals surface area contributed by atoms with Gasteiger partial charge in [-0.05, 0) is 30.3 Å². The Morgan fingerprint density at radius 1 is 1.05 bits per heavy atom. The smallest absolute Gasteiger partial charge is 0.358 e. The van der Waals surface area contributed by atoms with Gasteiger partial charge in [-0.15, -0.1) is 0 Å². The standard InChI is InChI=1S/C17H16IO4/c1-20-11-4-5-13-10(8-11)9-12-14(18-13)6-7-15(21-2)16(12)17(19)22-3/h4-8H,9H2,1-3H3/q+1. The SMILES string of the molecule is COC(=O)c1c(OC)ccc2c1Cc1cc(OC)ccc1[I+]2. The van der Waals surface area contributed by atoms with Crippen molar-refractivity contribution in [3.8, 4) is 11.5 Å². The summed E-state index contributed by atoms with van der Waals surface area (Å²) < 4.78 is 18.2. The molecule has 0 radical (unpaired) electrons. The fraction of sp³-hybridized carbons (Fsp3) is 0.235. The van der Waals surface area contributed by atoms with Crippen molar-refractivity contribution in [3.63, 3.8) is 0 Å². The Kier molecular flexibility index (Phi) is 4.24. The minimum Gasteiger partial charge on any atom is -0.497 e. The Morgan fingerprint density at radius 3 is 2.50 bits per heavy atom. The average molecular weight is 411 g/mol. The van der Waals surface area contributed by atoms with Crippen LogP contribution in [0.15, 0.2) is 30.3 Å². The van der Waals surface area contributed by atoms with Crippen LogP contribution in [0.1, 0.15) is 21.5 Å². The van der Waals surface area contributed by atoms with Crippen LogP contribution in [0.4, 0.5) is 0 Å². The molecule has 0 atom stereocenters. The molecule has 0 fully saturated rings. The van der Waals surface area contributed by atoms with E-state index in [9.17, 15) is 4.79 Å². The molecule has 5 heteroatoms. The molecule has 0 unspecified atom stereocenters. The van der Waals surface area contributed by atoms with E-state index in [1.165, 1.54) is 19.8 Å². The summed E-state index contributed by atoms with van der Waals surface area (Å²) in [4.78, 5) is 12.2. The van der Waals surface area contributed by atoms with Crippen LogP contribution >= 0.6 is 0 Å². The van der Waals surface area contributed by atoms with Gasteiger partial charge in [-0.1, -0.05) is 0 Å². The van der Waals surface area contributed by atoms with Crippen molar-refractivity contribution >= 4 is 5.97 Å². The molecular formula is C17H16IO4+. The minimum absolute atomic E-state index is 0.327. The molecule has 114 valence electrons. The Bertz CT molecular complexity index is 740. The van der Waals surface area contributed by atoms with Crippen LogP contribution in [0.3, 0.4) is 0 Å². The van der Waals surface area contributed by atoms with Gasteiger partial charge >= 0.3 is 27.2 Å². The van der Waals surface area contributed by atoms with Crippen molar-refractivity contribution in [1.82, 2.24) is 0 Å². The lowest BCUT2D eigenvalue weighted by atomic mass is 9.98. The van der Waals surface area contributed by atoms with E-state index in [-0.39, 0.29) is 27.2 Å². The second kappa shape index (κ2) is 6.16. The fourth-order valence-electron chi connectivity index (χ4n) is 2.56. The van der Waals surface area contributed by atoms with Gasteiger partial charge in [0.25, 0.3) is 0 Å². The molecule has 4 nitrogen and oxygen atoms in total. The van der Waals surface area contributed by atoms with Gasteiger partial charge in [0, 0.05) is 17.5 Å². The largest absolute Gasteiger partial charge is 0.497 e. The first-order valence-electron chi connectivity index (χ1n) is 6.78. The lowest BCUT2D eigenvalue weighted by molar-refractivity contribution is -0.601. The summed E-state index contributed by atoms with van der Waals surface area (Å²) in [5, 5.41) is 0. The summed E-state index contributed by atoms with van der Waals surface area (Å²) in [6, 6.07) is 10.1. The number of carbonyl (C=O) groups excluding carboxylic acids is 1. The van der Waals surface area contributed by atoms with Crippen molar-refractivity contribution in [2.75, 3.05) is 21.3 Å². The Hall–Kier alpha value is -1.76. The van der Waals surface area contributed by atoms with E-state index >= 15 is 0 Å². The molecule has 2 aromatic carbocycles. The van der Waals surface area contributed by atoms with Crippen molar-refractivity contribution in [2.45, 2.75) is 6.42 Å². The maximum Gasteiger partial charge on any atom is 0.358 e. The molecule has 3 rings (SSSR count). The van der Waals surface area contributed by atoms with E-state index in [2.05, 4.69) is 18.2 Å². The first kappa shape index (κ1) is 15.1. The van der Waals surface area contributed by atoms with E-state index in [0.717, 1.165) is 11.3 Å². The van der Waals surface area contributed by atoms with Crippen LogP contribution in [0, 0.1) is 7.14 Å². The van der Waals surface area contributed by atoms with Crippen LogP contribution in [-0.4, -0.2) is 27.3 Å². The van der Waals surface area contributed by atoms with Crippen molar-refractivity contribution in [2.24, 2.45) is 0 Å². The third kappa shape index (κ3) is 2.54. The number of methoxy groups -OCH3 is 3. The van der Waals surface area contributed by atoms with Crippen molar-refractivity contribution in [3.05, 3.63) is 54.2 Å². The van der Waals surface area contributed by atoms with E-state index < -0.39 is 0 Å². The molecule has 2 aromatic rings. The van der Waals surface area contributed by atoms with E-state index in [1.54, 1.807) is 14.2 Å². The summed E-state index contributed by atoms with van der Waals surface area (Å²) in [5.41, 5.74) is 2.80. The van der Waals surface area contributed by atoms with Gasteiger partial charge in [-0.3, -0.25) is 0 Å². The highest BCUT2D eigenvalue weighted by molar-refractivity contribution is 5.94. The molecule has 1 heterocycles. The summed E-state index contributed by atoms with van der Waals surface area (Å²) in [6.45, 7) is 0. The topological polar surface area (TPSA) is 44.8 Å². The number of carbonyl (C=O) groups is 1. The Morgan fingerprint density at radius 2 is 1.82 bits per heavy atom. The van der Waals surface area contributed by atoms with Crippen LogP contribution in [-0.2, 0) is 11.2 Å². The molecular weight excluding hydrogens is 395 g/mol. The maximum atomic E-state index is 12.2. The number of fused-ring (bicyclic) bond motifs is 2. The summed E-state index contributed by atoms with van der Waals surface area (Å²) in [6.07, 6.45) is 0.698. The molecule has 0 aliphatic carbocycles. The highest BCUT2D eigenvalue weighted by Crippen LogP contribution is 2.27. The zero-order valence-corrected chi connectivity index (χ0v) is 14.8. The molecule has 0 amide bonds. The molecule has 22 heavy (non-hydrogen) atoms. The molecule has 0 aromatic heterocycles. The lowest BCUT2D eigenvalue weighted by Gasteiger charge is -2.15.